The number of amides is 1. The molecule has 4 rings (SSSR count). The van der Waals surface area contributed by atoms with Crippen LogP contribution in [-0.2, 0) is 26.4 Å². The Hall–Kier alpha value is -3.48. The molecule has 1 N–H and O–H groups in total. The summed E-state index contributed by atoms with van der Waals surface area (Å²) in [6.07, 6.45) is 5.27. The van der Waals surface area contributed by atoms with E-state index in [1.807, 2.05) is 6.92 Å². The number of carbonyl (C=O) groups is 1. The van der Waals surface area contributed by atoms with Crippen LogP contribution in [0.3, 0.4) is 0 Å². The lowest BCUT2D eigenvalue weighted by molar-refractivity contribution is -0.138. The largest absolute Gasteiger partial charge is 0.501 e. The predicted molar refractivity (Wildman–Crippen MR) is 159 cm³/mol. The fourth-order valence-corrected chi connectivity index (χ4v) is 6.53. The van der Waals surface area contributed by atoms with E-state index < -0.39 is 29.0 Å². The van der Waals surface area contributed by atoms with Crippen molar-refractivity contribution in [3.05, 3.63) is 68.8 Å². The normalized spacial score (nSPS) is 16.1. The number of methoxy groups -OCH3 is 1. The summed E-state index contributed by atoms with van der Waals surface area (Å²) in [6, 6.07) is 1.78. The third-order valence-corrected chi connectivity index (χ3v) is 8.85. The number of allylic oxidation sites excluding steroid dienone is 1. The van der Waals surface area contributed by atoms with Crippen molar-refractivity contribution < 1.29 is 19.4 Å². The molecular weight excluding hydrogens is 546 g/mol. The molecule has 1 aliphatic heterocycles. The van der Waals surface area contributed by atoms with Crippen molar-refractivity contribution in [3.63, 3.8) is 0 Å². The molecule has 0 unspecified atom stereocenters. The van der Waals surface area contributed by atoms with Crippen molar-refractivity contribution in [1.29, 1.82) is 0 Å². The summed E-state index contributed by atoms with van der Waals surface area (Å²) in [4.78, 5) is 44.4. The maximum Gasteiger partial charge on any atom is 0.333 e. The van der Waals surface area contributed by atoms with E-state index >= 15 is 0 Å². The molecule has 41 heavy (non-hydrogen) atoms. The van der Waals surface area contributed by atoms with E-state index in [-0.39, 0.29) is 19.1 Å². The fraction of sp³-hybridized carbons (Fsp3) is 0.517. The second-order valence-corrected chi connectivity index (χ2v) is 11.8. The van der Waals surface area contributed by atoms with E-state index in [1.165, 1.54) is 23.0 Å². The van der Waals surface area contributed by atoms with Gasteiger partial charge in [0.25, 0.3) is 5.56 Å². The molecule has 0 bridgehead atoms. The standard InChI is InChI=1S/C29H39N5O6S/c1-8-21(20(4)39-7)22(40-17-18(2)35)16-32-26-23(19(3)25(41-26)33-15-11-12-30-33)24(36)34(28(32)38)29(5,6)27(37)31-13-9-10-14-31/h8,11-12,15,18,22,35H,1,9-10,13-14,16-17H2,2-7H3/b21-20-/t18-,22-/m0/s1. The number of carbonyl (C=O) groups excluding carboxylic acids is 1. The Morgan fingerprint density at radius 1 is 1.29 bits per heavy atom. The minimum atomic E-state index is -1.44. The number of likely N-dealkylation sites (tertiary alicyclic amines) is 1. The third kappa shape index (κ3) is 5.68. The number of hydrogen-bond donors (Lipinski definition) is 1. The molecule has 0 aliphatic carbocycles. The van der Waals surface area contributed by atoms with E-state index in [9.17, 15) is 19.5 Å². The highest BCUT2D eigenvalue weighted by Crippen LogP contribution is 2.32. The zero-order chi connectivity index (χ0) is 30.1. The lowest BCUT2D eigenvalue weighted by Crippen LogP contribution is -2.56. The van der Waals surface area contributed by atoms with E-state index in [1.54, 1.807) is 61.8 Å². The number of fused-ring (bicyclic) bond motifs is 1. The van der Waals surface area contributed by atoms with Crippen LogP contribution in [0.25, 0.3) is 15.2 Å². The second kappa shape index (κ2) is 12.2. The van der Waals surface area contributed by atoms with Gasteiger partial charge in [0.1, 0.15) is 21.5 Å². The van der Waals surface area contributed by atoms with Crippen molar-refractivity contribution in [2.75, 3.05) is 26.8 Å². The number of ether oxygens (including phenoxy) is 2. The zero-order valence-corrected chi connectivity index (χ0v) is 25.4. The highest BCUT2D eigenvalue weighted by Gasteiger charge is 2.39. The Balaban J connectivity index is 2.01. The number of rotatable bonds is 11. The van der Waals surface area contributed by atoms with Crippen molar-refractivity contribution in [3.8, 4) is 5.00 Å². The number of hydrogen-bond acceptors (Lipinski definition) is 8. The van der Waals surface area contributed by atoms with Crippen molar-refractivity contribution >= 4 is 27.5 Å². The number of aryl methyl sites for hydroxylation is 1. The Labute approximate surface area is 242 Å². The van der Waals surface area contributed by atoms with Gasteiger partial charge in [0.2, 0.25) is 5.91 Å². The predicted octanol–water partition coefficient (Wildman–Crippen LogP) is 2.95. The summed E-state index contributed by atoms with van der Waals surface area (Å²) in [5.41, 5.74) is -1.35. The van der Waals surface area contributed by atoms with Gasteiger partial charge in [-0.15, -0.1) is 0 Å². The quantitative estimate of drug-likeness (QED) is 0.271. The lowest BCUT2D eigenvalue weighted by atomic mass is 10.0. The van der Waals surface area contributed by atoms with Crippen molar-refractivity contribution in [2.45, 2.75) is 71.8 Å². The monoisotopic (exact) mass is 585 g/mol. The Kier molecular flexibility index (Phi) is 9.05. The maximum absolute atomic E-state index is 14.4. The van der Waals surface area contributed by atoms with Gasteiger partial charge in [0.15, 0.2) is 0 Å². The summed E-state index contributed by atoms with van der Waals surface area (Å²) in [5.74, 6) is 0.265. The molecule has 1 fully saturated rings. The molecule has 4 heterocycles. The number of thiophene rings is 1. The van der Waals surface area contributed by atoms with Gasteiger partial charge in [-0.05, 0) is 53.5 Å². The molecule has 3 aromatic heterocycles. The number of aliphatic hydroxyl groups excluding tert-OH is 1. The SMILES string of the molecule is C=C/C(=C(\C)OC)[C@H](Cn1c(=O)n(C(C)(C)C(=O)N2CCCC2)c(=O)c2c(C)c(-n3cccn3)sc21)OC[C@H](C)O. The fourth-order valence-electron chi connectivity index (χ4n) is 5.28. The summed E-state index contributed by atoms with van der Waals surface area (Å²) < 4.78 is 15.8. The molecule has 2 atom stereocenters. The molecule has 0 saturated carbocycles. The average Bonchev–Trinajstić information content (AvgIpc) is 3.70. The van der Waals surface area contributed by atoms with Crippen molar-refractivity contribution in [2.24, 2.45) is 0 Å². The molecule has 0 spiro atoms. The van der Waals surface area contributed by atoms with Crippen LogP contribution in [0.2, 0.25) is 0 Å². The number of aliphatic hydroxyl groups is 1. The Morgan fingerprint density at radius 3 is 2.54 bits per heavy atom. The minimum absolute atomic E-state index is 0.00250. The molecule has 12 heteroatoms. The van der Waals surface area contributed by atoms with E-state index in [0.717, 1.165) is 17.4 Å². The summed E-state index contributed by atoms with van der Waals surface area (Å²) in [6.45, 7) is 13.5. The molecular formula is C29H39N5O6S. The summed E-state index contributed by atoms with van der Waals surface area (Å²) in [7, 11) is 1.53. The van der Waals surface area contributed by atoms with Crippen LogP contribution in [-0.4, -0.2) is 73.8 Å². The van der Waals surface area contributed by atoms with Crippen LogP contribution in [0.1, 0.15) is 46.1 Å². The minimum Gasteiger partial charge on any atom is -0.501 e. The first-order chi connectivity index (χ1) is 19.4. The molecule has 3 aromatic rings. The van der Waals surface area contributed by atoms with Gasteiger partial charge in [0.05, 0.1) is 37.5 Å². The second-order valence-electron chi connectivity index (χ2n) is 10.8. The molecule has 222 valence electrons. The smallest absolute Gasteiger partial charge is 0.333 e. The number of aromatic nitrogens is 4. The third-order valence-electron chi connectivity index (χ3n) is 7.54. The van der Waals surface area contributed by atoms with E-state index in [4.69, 9.17) is 9.47 Å². The first kappa shape index (κ1) is 30.5. The van der Waals surface area contributed by atoms with Gasteiger partial charge >= 0.3 is 5.69 Å². The lowest BCUT2D eigenvalue weighted by Gasteiger charge is -2.31. The average molecular weight is 586 g/mol. The van der Waals surface area contributed by atoms with Gasteiger partial charge in [-0.3, -0.25) is 14.2 Å². The van der Waals surface area contributed by atoms with Crippen LogP contribution in [0, 0.1) is 6.92 Å². The molecule has 0 radical (unpaired) electrons. The first-order valence-corrected chi connectivity index (χ1v) is 14.5. The summed E-state index contributed by atoms with van der Waals surface area (Å²) >= 11 is 1.27. The van der Waals surface area contributed by atoms with Gasteiger partial charge in [-0.25, -0.2) is 14.0 Å². The van der Waals surface area contributed by atoms with Crippen LogP contribution in [0.5, 0.6) is 0 Å². The van der Waals surface area contributed by atoms with E-state index in [2.05, 4.69) is 11.7 Å². The van der Waals surface area contributed by atoms with Gasteiger partial charge in [-0.1, -0.05) is 24.0 Å². The summed E-state index contributed by atoms with van der Waals surface area (Å²) in [5, 5.41) is 15.3. The Morgan fingerprint density at radius 2 is 1.98 bits per heavy atom. The van der Waals surface area contributed by atoms with Crippen LogP contribution >= 0.6 is 11.3 Å². The molecule has 11 nitrogen and oxygen atoms in total. The van der Waals surface area contributed by atoms with Gasteiger partial charge in [-0.2, -0.15) is 5.10 Å². The zero-order valence-electron chi connectivity index (χ0n) is 24.5. The van der Waals surface area contributed by atoms with Gasteiger partial charge < -0.3 is 19.5 Å². The molecule has 1 aliphatic rings. The highest BCUT2D eigenvalue weighted by molar-refractivity contribution is 7.21. The topological polar surface area (TPSA) is 121 Å². The number of nitrogens with zero attached hydrogens (tertiary/aromatic N) is 5. The van der Waals surface area contributed by atoms with E-state index in [0.29, 0.717) is 45.2 Å². The maximum atomic E-state index is 14.4. The van der Waals surface area contributed by atoms with Gasteiger partial charge in [0, 0.05) is 36.6 Å². The molecule has 0 aromatic carbocycles. The molecule has 1 amide bonds. The van der Waals surface area contributed by atoms with Crippen LogP contribution in [0.15, 0.2) is 52.0 Å². The Bertz CT molecular complexity index is 1570. The highest BCUT2D eigenvalue weighted by atomic mass is 32.1. The van der Waals surface area contributed by atoms with Crippen LogP contribution in [0.4, 0.5) is 0 Å². The first-order valence-electron chi connectivity index (χ1n) is 13.7. The molecule has 1 saturated heterocycles. The van der Waals surface area contributed by atoms with Crippen molar-refractivity contribution in [1.82, 2.24) is 23.8 Å². The van der Waals surface area contributed by atoms with Crippen LogP contribution < -0.4 is 11.2 Å².